The second-order valence-electron chi connectivity index (χ2n) is 6.29. The Morgan fingerprint density at radius 2 is 1.62 bits per heavy atom. The number of benzene rings is 3. The first-order valence-corrected chi connectivity index (χ1v) is 8.96. The van der Waals surface area contributed by atoms with Gasteiger partial charge in [-0.15, -0.1) is 0 Å². The van der Waals surface area contributed by atoms with Crippen molar-refractivity contribution in [2.45, 2.75) is 0 Å². The summed E-state index contributed by atoms with van der Waals surface area (Å²) in [6, 6.07) is 17.2. The minimum absolute atomic E-state index is 0.179. The summed E-state index contributed by atoms with van der Waals surface area (Å²) >= 11 is 0. The molecule has 6 heteroatoms. The van der Waals surface area contributed by atoms with Crippen molar-refractivity contribution in [2.24, 2.45) is 4.99 Å². The van der Waals surface area contributed by atoms with E-state index in [1.807, 2.05) is 42.5 Å². The maximum Gasteiger partial charge on any atom is 0.363 e. The monoisotopic (exact) mass is 389 g/mol. The lowest BCUT2D eigenvalue weighted by atomic mass is 10.0. The minimum atomic E-state index is -0.523. The third-order valence-corrected chi connectivity index (χ3v) is 4.67. The van der Waals surface area contributed by atoms with Crippen LogP contribution in [0.1, 0.15) is 11.1 Å². The molecule has 1 heterocycles. The Morgan fingerprint density at radius 1 is 0.862 bits per heavy atom. The summed E-state index contributed by atoms with van der Waals surface area (Å²) in [7, 11) is 4.60. The van der Waals surface area contributed by atoms with E-state index in [2.05, 4.69) is 4.99 Å². The molecular weight excluding hydrogens is 370 g/mol. The van der Waals surface area contributed by atoms with Crippen LogP contribution in [0.5, 0.6) is 17.2 Å². The largest absolute Gasteiger partial charge is 0.493 e. The second kappa shape index (κ2) is 7.67. The maximum absolute atomic E-state index is 12.5. The lowest BCUT2D eigenvalue weighted by molar-refractivity contribution is -0.129. The highest BCUT2D eigenvalue weighted by atomic mass is 16.6. The lowest BCUT2D eigenvalue weighted by Crippen LogP contribution is -2.06. The topological polar surface area (TPSA) is 66.4 Å². The van der Waals surface area contributed by atoms with Gasteiger partial charge in [-0.1, -0.05) is 36.4 Å². The SMILES string of the molecule is COc1ccc(/C=C2\N=C(c3cccc4ccccc34)OC2=O)c(OC)c1OC. The molecule has 0 amide bonds. The Balaban J connectivity index is 1.80. The predicted molar refractivity (Wildman–Crippen MR) is 111 cm³/mol. The molecule has 0 radical (unpaired) electrons. The Labute approximate surface area is 168 Å². The predicted octanol–water partition coefficient (Wildman–Crippen LogP) is 4.21. The van der Waals surface area contributed by atoms with Crippen molar-refractivity contribution in [1.82, 2.24) is 0 Å². The first kappa shape index (κ1) is 18.6. The number of esters is 1. The fourth-order valence-electron chi connectivity index (χ4n) is 3.32. The van der Waals surface area contributed by atoms with Gasteiger partial charge >= 0.3 is 5.97 Å². The van der Waals surface area contributed by atoms with E-state index in [1.165, 1.54) is 14.2 Å². The van der Waals surface area contributed by atoms with Gasteiger partial charge in [0.15, 0.2) is 17.2 Å². The van der Waals surface area contributed by atoms with Crippen molar-refractivity contribution in [1.29, 1.82) is 0 Å². The van der Waals surface area contributed by atoms with Crippen LogP contribution in [0.3, 0.4) is 0 Å². The maximum atomic E-state index is 12.5. The molecule has 0 bridgehead atoms. The van der Waals surface area contributed by atoms with Crippen molar-refractivity contribution >= 4 is 28.7 Å². The molecule has 0 atom stereocenters. The van der Waals surface area contributed by atoms with E-state index in [0.29, 0.717) is 22.8 Å². The van der Waals surface area contributed by atoms with E-state index in [1.54, 1.807) is 25.3 Å². The molecule has 1 aliphatic heterocycles. The van der Waals surface area contributed by atoms with Gasteiger partial charge in [-0.25, -0.2) is 9.79 Å². The third-order valence-electron chi connectivity index (χ3n) is 4.67. The first-order chi connectivity index (χ1) is 14.2. The Kier molecular flexibility index (Phi) is 4.91. The van der Waals surface area contributed by atoms with Crippen LogP contribution in [-0.4, -0.2) is 33.2 Å². The molecule has 0 unspecified atom stereocenters. The van der Waals surface area contributed by atoms with Crippen LogP contribution in [0.4, 0.5) is 0 Å². The van der Waals surface area contributed by atoms with E-state index >= 15 is 0 Å². The zero-order valence-corrected chi connectivity index (χ0v) is 16.3. The molecule has 6 nitrogen and oxygen atoms in total. The zero-order valence-electron chi connectivity index (χ0n) is 16.3. The summed E-state index contributed by atoms with van der Waals surface area (Å²) in [5, 5.41) is 2.01. The molecule has 0 spiro atoms. The number of ether oxygens (including phenoxy) is 4. The molecule has 29 heavy (non-hydrogen) atoms. The molecule has 1 aliphatic rings. The van der Waals surface area contributed by atoms with Gasteiger partial charge in [-0.2, -0.15) is 0 Å². The van der Waals surface area contributed by atoms with E-state index in [-0.39, 0.29) is 11.6 Å². The smallest absolute Gasteiger partial charge is 0.363 e. The molecule has 0 saturated heterocycles. The summed E-state index contributed by atoms with van der Waals surface area (Å²) in [5.41, 5.74) is 1.57. The Hall–Kier alpha value is -3.80. The number of aliphatic imine (C=N–C) groups is 1. The van der Waals surface area contributed by atoms with E-state index in [9.17, 15) is 4.79 Å². The van der Waals surface area contributed by atoms with Crippen molar-refractivity contribution < 1.29 is 23.7 Å². The van der Waals surface area contributed by atoms with Crippen molar-refractivity contribution in [3.8, 4) is 17.2 Å². The number of carbonyl (C=O) groups is 1. The standard InChI is InChI=1S/C23H19NO5/c1-26-19-12-11-15(20(27-2)21(19)28-3)13-18-23(25)29-22(24-18)17-10-6-8-14-7-4-5-9-16(14)17/h4-13H,1-3H3/b18-13-. The van der Waals surface area contributed by atoms with Crippen molar-refractivity contribution in [2.75, 3.05) is 21.3 Å². The lowest BCUT2D eigenvalue weighted by Gasteiger charge is -2.14. The molecule has 0 aromatic heterocycles. The van der Waals surface area contributed by atoms with Gasteiger partial charge in [0, 0.05) is 11.1 Å². The highest BCUT2D eigenvalue weighted by Crippen LogP contribution is 2.41. The number of cyclic esters (lactones) is 1. The number of hydrogen-bond acceptors (Lipinski definition) is 6. The van der Waals surface area contributed by atoms with Gasteiger partial charge in [-0.3, -0.25) is 0 Å². The highest BCUT2D eigenvalue weighted by molar-refractivity contribution is 6.17. The minimum Gasteiger partial charge on any atom is -0.493 e. The Morgan fingerprint density at radius 3 is 2.38 bits per heavy atom. The number of methoxy groups -OCH3 is 3. The number of fused-ring (bicyclic) bond motifs is 1. The molecule has 146 valence electrons. The van der Waals surface area contributed by atoms with E-state index in [4.69, 9.17) is 18.9 Å². The summed E-state index contributed by atoms with van der Waals surface area (Å²) in [6.07, 6.45) is 1.61. The molecular formula is C23H19NO5. The van der Waals surface area contributed by atoms with Crippen LogP contribution in [0.2, 0.25) is 0 Å². The second-order valence-corrected chi connectivity index (χ2v) is 6.29. The van der Waals surface area contributed by atoms with Gasteiger partial charge in [0.2, 0.25) is 11.6 Å². The van der Waals surface area contributed by atoms with Gasteiger partial charge in [0.25, 0.3) is 0 Å². The van der Waals surface area contributed by atoms with Crippen LogP contribution >= 0.6 is 0 Å². The first-order valence-electron chi connectivity index (χ1n) is 8.96. The molecule has 0 saturated carbocycles. The average molecular weight is 389 g/mol. The summed E-state index contributed by atoms with van der Waals surface area (Å²) in [4.78, 5) is 16.9. The number of hydrogen-bond donors (Lipinski definition) is 0. The number of rotatable bonds is 5. The summed E-state index contributed by atoms with van der Waals surface area (Å²) in [5.74, 6) is 1.16. The molecule has 4 rings (SSSR count). The van der Waals surface area contributed by atoms with Crippen LogP contribution in [-0.2, 0) is 9.53 Å². The quantitative estimate of drug-likeness (QED) is 0.483. The molecule has 0 N–H and O–H groups in total. The van der Waals surface area contributed by atoms with Gasteiger partial charge in [0.1, 0.15) is 0 Å². The Bertz CT molecular complexity index is 1160. The van der Waals surface area contributed by atoms with E-state index < -0.39 is 5.97 Å². The molecule has 0 aliphatic carbocycles. The zero-order chi connectivity index (χ0) is 20.4. The van der Waals surface area contributed by atoms with Gasteiger partial charge < -0.3 is 18.9 Å². The fourth-order valence-corrected chi connectivity index (χ4v) is 3.32. The van der Waals surface area contributed by atoms with Crippen molar-refractivity contribution in [3.63, 3.8) is 0 Å². The molecule has 3 aromatic rings. The van der Waals surface area contributed by atoms with Crippen molar-refractivity contribution in [3.05, 3.63) is 71.4 Å². The van der Waals surface area contributed by atoms with Crippen LogP contribution in [0, 0.1) is 0 Å². The fraction of sp³-hybridized carbons (Fsp3) is 0.130. The normalized spacial score (nSPS) is 14.7. The number of carbonyl (C=O) groups excluding carboxylic acids is 1. The summed E-state index contributed by atoms with van der Waals surface area (Å²) < 4.78 is 21.6. The van der Waals surface area contributed by atoms with Crippen LogP contribution in [0.15, 0.2) is 65.3 Å². The molecule has 3 aromatic carbocycles. The van der Waals surface area contributed by atoms with Crippen LogP contribution in [0.25, 0.3) is 16.8 Å². The average Bonchev–Trinajstić information content (AvgIpc) is 3.12. The molecule has 0 fully saturated rings. The highest BCUT2D eigenvalue weighted by Gasteiger charge is 2.26. The van der Waals surface area contributed by atoms with Crippen LogP contribution < -0.4 is 14.2 Å². The van der Waals surface area contributed by atoms with Gasteiger partial charge in [0.05, 0.1) is 21.3 Å². The summed E-state index contributed by atoms with van der Waals surface area (Å²) in [6.45, 7) is 0. The third kappa shape index (κ3) is 3.29. The van der Waals surface area contributed by atoms with Gasteiger partial charge in [-0.05, 0) is 35.0 Å². The van der Waals surface area contributed by atoms with E-state index in [0.717, 1.165) is 16.3 Å². The number of nitrogens with zero attached hydrogens (tertiary/aromatic N) is 1.